The fourth-order valence-corrected chi connectivity index (χ4v) is 4.59. The number of hydrogen-bond acceptors (Lipinski definition) is 6. The minimum atomic E-state index is -0.970. The second-order valence-electron chi connectivity index (χ2n) is 9.68. The van der Waals surface area contributed by atoms with Crippen molar-refractivity contribution in [2.75, 3.05) is 23.3 Å². The molecule has 9 nitrogen and oxygen atoms in total. The number of nitrogens with zero attached hydrogens (tertiary/aromatic N) is 5. The second kappa shape index (κ2) is 9.07. The third-order valence-electron chi connectivity index (χ3n) is 6.90. The zero-order valence-corrected chi connectivity index (χ0v) is 20.8. The Morgan fingerprint density at radius 2 is 1.73 bits per heavy atom. The Bertz CT molecular complexity index is 1560. The molecule has 3 N–H and O–H groups in total. The lowest BCUT2D eigenvalue weighted by Gasteiger charge is -2.38. The molecule has 2 aromatic carbocycles. The SMILES string of the molecule is Cc1nc2c(N3CCC(C)(N)CC3)c(NC(=O)c3ccc(=O)n(-c4c(F)cccc4F)n3)ccc2n1C. The Morgan fingerprint density at radius 1 is 1.05 bits per heavy atom. The number of imidazole rings is 1. The first-order chi connectivity index (χ1) is 17.6. The van der Waals surface area contributed by atoms with Crippen LogP contribution in [0, 0.1) is 18.6 Å². The number of amides is 1. The quantitative estimate of drug-likeness (QED) is 0.439. The third-order valence-corrected chi connectivity index (χ3v) is 6.90. The van der Waals surface area contributed by atoms with Crippen LogP contribution >= 0.6 is 0 Å². The monoisotopic (exact) mass is 507 g/mol. The fraction of sp³-hybridized carbons (Fsp3) is 0.308. The van der Waals surface area contributed by atoms with Gasteiger partial charge in [0.2, 0.25) is 0 Å². The topological polar surface area (TPSA) is 111 Å². The molecule has 1 aliphatic heterocycles. The van der Waals surface area contributed by atoms with Gasteiger partial charge in [-0.15, -0.1) is 0 Å². The number of aromatic nitrogens is 4. The smallest absolute Gasteiger partial charge is 0.276 e. The van der Waals surface area contributed by atoms with Crippen LogP contribution in [0.2, 0.25) is 0 Å². The summed E-state index contributed by atoms with van der Waals surface area (Å²) in [6, 6.07) is 9.14. The molecule has 192 valence electrons. The van der Waals surface area contributed by atoms with Crippen molar-refractivity contribution in [2.24, 2.45) is 12.8 Å². The number of hydrogen-bond donors (Lipinski definition) is 2. The molecule has 0 aliphatic carbocycles. The maximum atomic E-state index is 14.3. The third kappa shape index (κ3) is 4.46. The molecule has 0 bridgehead atoms. The lowest BCUT2D eigenvalue weighted by atomic mass is 9.90. The highest BCUT2D eigenvalue weighted by molar-refractivity contribution is 6.08. The van der Waals surface area contributed by atoms with E-state index in [1.54, 1.807) is 6.07 Å². The van der Waals surface area contributed by atoms with Gasteiger partial charge in [-0.25, -0.2) is 13.8 Å². The number of para-hydroxylation sites is 1. The molecule has 11 heteroatoms. The van der Waals surface area contributed by atoms with Crippen LogP contribution in [0.5, 0.6) is 0 Å². The van der Waals surface area contributed by atoms with E-state index in [0.717, 1.165) is 53.6 Å². The predicted molar refractivity (Wildman–Crippen MR) is 137 cm³/mol. The molecule has 4 aromatic rings. The van der Waals surface area contributed by atoms with Crippen LogP contribution in [0.15, 0.2) is 47.3 Å². The lowest BCUT2D eigenvalue weighted by molar-refractivity contribution is 0.102. The highest BCUT2D eigenvalue weighted by atomic mass is 19.1. The Balaban J connectivity index is 1.55. The molecule has 1 saturated heterocycles. The second-order valence-corrected chi connectivity index (χ2v) is 9.68. The summed E-state index contributed by atoms with van der Waals surface area (Å²) in [6.07, 6.45) is 1.53. The average molecular weight is 508 g/mol. The molecule has 1 aliphatic rings. The van der Waals surface area contributed by atoms with E-state index in [1.165, 1.54) is 12.1 Å². The van der Waals surface area contributed by atoms with Gasteiger partial charge in [-0.1, -0.05) is 6.07 Å². The van der Waals surface area contributed by atoms with E-state index in [2.05, 4.69) is 15.3 Å². The molecule has 37 heavy (non-hydrogen) atoms. The highest BCUT2D eigenvalue weighted by Crippen LogP contribution is 2.37. The molecule has 0 atom stereocenters. The van der Waals surface area contributed by atoms with E-state index >= 15 is 0 Å². The number of anilines is 2. The fourth-order valence-electron chi connectivity index (χ4n) is 4.59. The van der Waals surface area contributed by atoms with Crippen molar-refractivity contribution < 1.29 is 13.6 Å². The molecule has 0 spiro atoms. The van der Waals surface area contributed by atoms with Crippen LogP contribution in [0.4, 0.5) is 20.2 Å². The van der Waals surface area contributed by atoms with Gasteiger partial charge < -0.3 is 20.5 Å². The van der Waals surface area contributed by atoms with Crippen molar-refractivity contribution in [1.82, 2.24) is 19.3 Å². The molecule has 3 heterocycles. The number of aryl methyl sites for hydroxylation is 2. The summed E-state index contributed by atoms with van der Waals surface area (Å²) in [5.41, 5.74) is 7.39. The van der Waals surface area contributed by atoms with Crippen LogP contribution in [0.3, 0.4) is 0 Å². The maximum Gasteiger partial charge on any atom is 0.276 e. The van der Waals surface area contributed by atoms with E-state index in [0.29, 0.717) is 23.5 Å². The van der Waals surface area contributed by atoms with Crippen molar-refractivity contribution in [3.05, 3.63) is 76.0 Å². The summed E-state index contributed by atoms with van der Waals surface area (Å²) in [7, 11) is 1.93. The van der Waals surface area contributed by atoms with Gasteiger partial charge in [0.15, 0.2) is 11.6 Å². The first-order valence-electron chi connectivity index (χ1n) is 11.9. The number of benzene rings is 2. The number of carbonyl (C=O) groups is 1. The van der Waals surface area contributed by atoms with E-state index in [-0.39, 0.29) is 11.2 Å². The number of fused-ring (bicyclic) bond motifs is 1. The zero-order chi connectivity index (χ0) is 26.5. The highest BCUT2D eigenvalue weighted by Gasteiger charge is 2.29. The average Bonchev–Trinajstić information content (AvgIpc) is 3.13. The summed E-state index contributed by atoms with van der Waals surface area (Å²) in [5, 5.41) is 6.83. The summed E-state index contributed by atoms with van der Waals surface area (Å²) in [5.74, 6) is -1.76. The van der Waals surface area contributed by atoms with Crippen molar-refractivity contribution >= 4 is 28.3 Å². The molecule has 0 unspecified atom stereocenters. The Hall–Kier alpha value is -4.12. The molecule has 0 saturated carbocycles. The first kappa shape index (κ1) is 24.6. The largest absolute Gasteiger partial charge is 0.368 e. The van der Waals surface area contributed by atoms with Gasteiger partial charge in [-0.3, -0.25) is 9.59 Å². The minimum Gasteiger partial charge on any atom is -0.368 e. The number of piperidine rings is 1. The van der Waals surface area contributed by atoms with Gasteiger partial charge in [0, 0.05) is 31.7 Å². The van der Waals surface area contributed by atoms with Crippen molar-refractivity contribution in [3.63, 3.8) is 0 Å². The van der Waals surface area contributed by atoms with Crippen LogP contribution in [-0.4, -0.2) is 43.9 Å². The maximum absolute atomic E-state index is 14.3. The Labute approximate surface area is 211 Å². The number of nitrogens with one attached hydrogen (secondary N) is 1. The van der Waals surface area contributed by atoms with Crippen LogP contribution in [0.1, 0.15) is 36.1 Å². The van der Waals surface area contributed by atoms with Crippen molar-refractivity contribution in [1.29, 1.82) is 0 Å². The molecule has 1 fully saturated rings. The molecule has 2 aromatic heterocycles. The molecule has 0 radical (unpaired) electrons. The minimum absolute atomic E-state index is 0.182. The zero-order valence-electron chi connectivity index (χ0n) is 20.8. The molecular formula is C26H27F2N7O2. The summed E-state index contributed by atoms with van der Waals surface area (Å²) < 4.78 is 31.2. The molecule has 5 rings (SSSR count). The standard InChI is InChI=1S/C26H27F2N7O2/c1-15-30-22-20(33(15)3)9-7-18(24(22)34-13-11-26(2,29)12-14-34)31-25(37)19-8-10-21(36)35(32-19)23-16(27)5-4-6-17(23)28/h4-10H,11-14,29H2,1-3H3,(H,31,37). The van der Waals surface area contributed by atoms with Gasteiger partial charge in [-0.05, 0) is 57.0 Å². The number of rotatable bonds is 4. The molecular weight excluding hydrogens is 480 g/mol. The van der Waals surface area contributed by atoms with Crippen LogP contribution in [0.25, 0.3) is 16.7 Å². The van der Waals surface area contributed by atoms with Crippen molar-refractivity contribution in [2.45, 2.75) is 32.2 Å². The van der Waals surface area contributed by atoms with E-state index in [4.69, 9.17) is 10.7 Å². The number of carbonyl (C=O) groups excluding carboxylic acids is 1. The van der Waals surface area contributed by atoms with Crippen LogP contribution in [-0.2, 0) is 7.05 Å². The number of nitrogens with two attached hydrogens (primary N) is 1. The van der Waals surface area contributed by atoms with Crippen LogP contribution < -0.4 is 21.5 Å². The van der Waals surface area contributed by atoms with E-state index in [9.17, 15) is 18.4 Å². The van der Waals surface area contributed by atoms with E-state index in [1.807, 2.05) is 31.5 Å². The predicted octanol–water partition coefficient (Wildman–Crippen LogP) is 3.28. The van der Waals surface area contributed by atoms with E-state index < -0.39 is 28.8 Å². The van der Waals surface area contributed by atoms with Gasteiger partial charge in [0.25, 0.3) is 11.5 Å². The lowest BCUT2D eigenvalue weighted by Crippen LogP contribution is -2.48. The Kier molecular flexibility index (Phi) is 6.03. The van der Waals surface area contributed by atoms with Gasteiger partial charge in [-0.2, -0.15) is 9.78 Å². The molecule has 1 amide bonds. The first-order valence-corrected chi connectivity index (χ1v) is 11.9. The summed E-state index contributed by atoms with van der Waals surface area (Å²) in [4.78, 5) is 32.5. The number of halogens is 2. The summed E-state index contributed by atoms with van der Waals surface area (Å²) >= 11 is 0. The van der Waals surface area contributed by atoms with Gasteiger partial charge >= 0.3 is 0 Å². The van der Waals surface area contributed by atoms with Crippen molar-refractivity contribution in [3.8, 4) is 5.69 Å². The Morgan fingerprint density at radius 3 is 2.41 bits per heavy atom. The normalized spacial score (nSPS) is 15.2. The summed E-state index contributed by atoms with van der Waals surface area (Å²) in [6.45, 7) is 5.29. The van der Waals surface area contributed by atoms with Gasteiger partial charge in [0.05, 0.1) is 16.9 Å². The van der Waals surface area contributed by atoms with Gasteiger partial charge in [0.1, 0.15) is 22.7 Å².